The van der Waals surface area contributed by atoms with E-state index >= 15 is 0 Å². The first kappa shape index (κ1) is 27.8. The smallest absolute Gasteiger partial charge is 0.258 e. The van der Waals surface area contributed by atoms with E-state index in [-0.39, 0.29) is 24.1 Å². The first-order chi connectivity index (χ1) is 18.7. The molecule has 2 heterocycles. The molecule has 39 heavy (non-hydrogen) atoms. The number of aromatic nitrogens is 2. The Morgan fingerprint density at radius 3 is 2.69 bits per heavy atom. The van der Waals surface area contributed by atoms with Gasteiger partial charge in [0.05, 0.1) is 30.5 Å². The Bertz CT molecular complexity index is 1350. The zero-order valence-electron chi connectivity index (χ0n) is 22.8. The zero-order chi connectivity index (χ0) is 27.8. The molecule has 2 aromatic carbocycles. The van der Waals surface area contributed by atoms with Gasteiger partial charge >= 0.3 is 0 Å². The molecule has 1 fully saturated rings. The third-order valence-corrected chi connectivity index (χ3v) is 5.78. The number of carbonyl (C=O) groups is 1. The van der Waals surface area contributed by atoms with Crippen molar-refractivity contribution < 1.29 is 19.0 Å². The normalized spacial score (nSPS) is 15.6. The zero-order valence-corrected chi connectivity index (χ0v) is 22.8. The summed E-state index contributed by atoms with van der Waals surface area (Å²) in [6, 6.07) is 13.2. The van der Waals surface area contributed by atoms with Crippen molar-refractivity contribution in [1.82, 2.24) is 20.6 Å². The number of hydrogen-bond acceptors (Lipinski definition) is 9. The van der Waals surface area contributed by atoms with Gasteiger partial charge in [-0.25, -0.2) is 9.97 Å². The predicted molar refractivity (Wildman–Crippen MR) is 152 cm³/mol. The summed E-state index contributed by atoms with van der Waals surface area (Å²) in [5, 5.41) is 18.2. The number of anilines is 1. The Labute approximate surface area is 228 Å². The lowest BCUT2D eigenvalue weighted by atomic mass is 10.1. The van der Waals surface area contributed by atoms with E-state index in [0.717, 1.165) is 24.0 Å². The third-order valence-electron chi connectivity index (χ3n) is 5.78. The molecule has 1 unspecified atom stereocenters. The molecule has 0 saturated carbocycles. The van der Waals surface area contributed by atoms with Gasteiger partial charge < -0.3 is 35.6 Å². The second kappa shape index (κ2) is 12.6. The highest BCUT2D eigenvalue weighted by molar-refractivity contribution is 5.94. The fourth-order valence-electron chi connectivity index (χ4n) is 4.04. The largest absolute Gasteiger partial charge is 0.494 e. The number of nitrogens with zero attached hydrogens (tertiary/aromatic N) is 2. The molecule has 0 radical (unpaired) electrons. The number of amides is 1. The van der Waals surface area contributed by atoms with Gasteiger partial charge in [-0.15, -0.1) is 0 Å². The minimum atomic E-state index is -0.336. The van der Waals surface area contributed by atoms with Gasteiger partial charge in [0.15, 0.2) is 12.4 Å². The van der Waals surface area contributed by atoms with Crippen LogP contribution in [0, 0.1) is 5.41 Å². The lowest BCUT2D eigenvalue weighted by molar-refractivity contribution is -0.124. The second-order valence-corrected chi connectivity index (χ2v) is 10.2. The van der Waals surface area contributed by atoms with Gasteiger partial charge in [-0.1, -0.05) is 12.1 Å². The molecular formula is C29H36N6O4. The van der Waals surface area contributed by atoms with Crippen molar-refractivity contribution in [3.05, 3.63) is 54.4 Å². The maximum Gasteiger partial charge on any atom is 0.258 e. The van der Waals surface area contributed by atoms with Crippen molar-refractivity contribution in [1.29, 1.82) is 5.41 Å². The number of nitrogens with one attached hydrogen (secondary N) is 4. The van der Waals surface area contributed by atoms with Crippen LogP contribution >= 0.6 is 0 Å². The highest BCUT2D eigenvalue weighted by Gasteiger charge is 2.16. The van der Waals surface area contributed by atoms with Gasteiger partial charge in [0.1, 0.15) is 17.3 Å². The molecule has 4 rings (SSSR count). The van der Waals surface area contributed by atoms with Crippen molar-refractivity contribution in [3.63, 3.8) is 0 Å². The number of benzene rings is 2. The summed E-state index contributed by atoms with van der Waals surface area (Å²) in [5.41, 5.74) is 1.64. The molecule has 3 aromatic rings. The maximum absolute atomic E-state index is 12.2. The summed E-state index contributed by atoms with van der Waals surface area (Å²) in [5.74, 6) is 2.04. The Kier molecular flexibility index (Phi) is 8.98. The predicted octanol–water partition coefficient (Wildman–Crippen LogP) is 4.27. The fraction of sp³-hybridized carbons (Fsp3) is 0.379. The van der Waals surface area contributed by atoms with Crippen LogP contribution < -0.4 is 25.4 Å². The van der Waals surface area contributed by atoms with Gasteiger partial charge in [-0.3, -0.25) is 4.79 Å². The average Bonchev–Trinajstić information content (AvgIpc) is 3.43. The van der Waals surface area contributed by atoms with Crippen LogP contribution in [0.25, 0.3) is 22.3 Å². The second-order valence-electron chi connectivity index (χ2n) is 10.2. The van der Waals surface area contributed by atoms with Crippen molar-refractivity contribution in [3.8, 4) is 22.9 Å². The summed E-state index contributed by atoms with van der Waals surface area (Å²) >= 11 is 0. The van der Waals surface area contributed by atoms with E-state index in [1.54, 1.807) is 18.3 Å². The molecule has 10 nitrogen and oxygen atoms in total. The highest BCUT2D eigenvalue weighted by atomic mass is 16.5. The van der Waals surface area contributed by atoms with E-state index in [9.17, 15) is 4.79 Å². The summed E-state index contributed by atoms with van der Waals surface area (Å²) in [7, 11) is 0. The van der Waals surface area contributed by atoms with E-state index in [2.05, 4.69) is 16.0 Å². The Morgan fingerprint density at radius 1 is 1.15 bits per heavy atom. The summed E-state index contributed by atoms with van der Waals surface area (Å²) < 4.78 is 16.9. The van der Waals surface area contributed by atoms with Crippen molar-refractivity contribution in [2.24, 2.45) is 0 Å². The molecule has 1 amide bonds. The highest BCUT2D eigenvalue weighted by Crippen LogP contribution is 2.30. The average molecular weight is 533 g/mol. The van der Waals surface area contributed by atoms with E-state index in [1.807, 2.05) is 58.0 Å². The summed E-state index contributed by atoms with van der Waals surface area (Å²) in [6.45, 7) is 9.49. The Hall–Kier alpha value is -4.18. The number of ether oxygens (including phenoxy) is 3. The first-order valence-electron chi connectivity index (χ1n) is 13.0. The van der Waals surface area contributed by atoms with Gasteiger partial charge in [0, 0.05) is 35.5 Å². The SMILES string of the molecule is CCOc1ccc2nc(-c3cccc(OCC(=O)NC(C)(C)C)c3)nc(N/C(C=N)=C/NC3CCOC3)c2c1. The van der Waals surface area contributed by atoms with Crippen molar-refractivity contribution in [2.75, 3.05) is 31.7 Å². The van der Waals surface area contributed by atoms with E-state index in [4.69, 9.17) is 29.6 Å². The molecular weight excluding hydrogens is 496 g/mol. The van der Waals surface area contributed by atoms with Gasteiger partial charge in [0.25, 0.3) is 5.91 Å². The minimum absolute atomic E-state index is 0.0984. The van der Waals surface area contributed by atoms with Crippen LogP contribution in [-0.2, 0) is 9.53 Å². The molecule has 1 aliphatic rings. The molecule has 10 heteroatoms. The number of rotatable bonds is 11. The minimum Gasteiger partial charge on any atom is -0.494 e. The number of allylic oxidation sites excluding steroid dienone is 1. The van der Waals surface area contributed by atoms with Crippen LogP contribution in [0.15, 0.2) is 54.4 Å². The monoisotopic (exact) mass is 532 g/mol. The van der Waals surface area contributed by atoms with Crippen LogP contribution in [0.3, 0.4) is 0 Å². The van der Waals surface area contributed by atoms with E-state index in [1.165, 1.54) is 6.21 Å². The summed E-state index contributed by atoms with van der Waals surface area (Å²) in [6.07, 6.45) is 3.92. The third kappa shape index (κ3) is 7.90. The van der Waals surface area contributed by atoms with Gasteiger partial charge in [-0.05, 0) is 64.4 Å². The van der Waals surface area contributed by atoms with Crippen LogP contribution in [0.1, 0.15) is 34.1 Å². The van der Waals surface area contributed by atoms with Gasteiger partial charge in [0.2, 0.25) is 0 Å². The lowest BCUT2D eigenvalue weighted by Gasteiger charge is -2.20. The first-order valence-corrected chi connectivity index (χ1v) is 13.0. The topological polar surface area (TPSA) is 130 Å². The molecule has 0 bridgehead atoms. The molecule has 0 spiro atoms. The molecule has 206 valence electrons. The Balaban J connectivity index is 1.64. The Morgan fingerprint density at radius 2 is 1.97 bits per heavy atom. The number of carbonyl (C=O) groups excluding carboxylic acids is 1. The molecule has 4 N–H and O–H groups in total. The van der Waals surface area contributed by atoms with Crippen LogP contribution in [0.5, 0.6) is 11.5 Å². The van der Waals surface area contributed by atoms with Crippen LogP contribution in [0.4, 0.5) is 5.82 Å². The van der Waals surface area contributed by atoms with Crippen molar-refractivity contribution >= 4 is 28.8 Å². The van der Waals surface area contributed by atoms with Crippen molar-refractivity contribution in [2.45, 2.75) is 45.7 Å². The standard InChI is InChI=1S/C29H36N6O4/c1-5-38-23-9-10-25-24(14-23)28(32-21(15-30)16-31-20-11-12-37-17-20)34-27(33-25)19-7-6-8-22(13-19)39-18-26(36)35-29(2,3)4/h6-10,13-16,20,30-31H,5,11-12,17-18H2,1-4H3,(H,35,36)(H,32,33,34)/b21-16+,30-15?. The van der Waals surface area contributed by atoms with Gasteiger partial charge in [-0.2, -0.15) is 0 Å². The molecule has 1 atom stereocenters. The van der Waals surface area contributed by atoms with E-state index in [0.29, 0.717) is 47.6 Å². The lowest BCUT2D eigenvalue weighted by Crippen LogP contribution is -2.43. The quantitative estimate of drug-likeness (QED) is 0.269. The number of fused-ring (bicyclic) bond motifs is 1. The molecule has 0 aliphatic carbocycles. The molecule has 1 aromatic heterocycles. The number of hydrogen-bond donors (Lipinski definition) is 4. The van der Waals surface area contributed by atoms with E-state index < -0.39 is 0 Å². The molecule has 1 saturated heterocycles. The fourth-order valence-corrected chi connectivity index (χ4v) is 4.04. The van der Waals surface area contributed by atoms with Crippen LogP contribution in [0.2, 0.25) is 0 Å². The molecule has 1 aliphatic heterocycles. The maximum atomic E-state index is 12.2. The summed E-state index contributed by atoms with van der Waals surface area (Å²) in [4.78, 5) is 21.8. The van der Waals surface area contributed by atoms with Crippen LogP contribution in [-0.4, -0.2) is 60.1 Å².